The van der Waals surface area contributed by atoms with E-state index in [9.17, 15) is 9.59 Å². The summed E-state index contributed by atoms with van der Waals surface area (Å²) in [6.07, 6.45) is 1.43. The number of hydrogen-bond acceptors (Lipinski definition) is 6. The largest absolute Gasteiger partial charge is 0.493 e. The second-order valence-electron chi connectivity index (χ2n) is 6.03. The number of nitrogens with one attached hydrogen (secondary N) is 2. The van der Waals surface area contributed by atoms with Crippen LogP contribution in [0.4, 0.5) is 10.7 Å². The zero-order chi connectivity index (χ0) is 20.3. The van der Waals surface area contributed by atoms with E-state index in [4.69, 9.17) is 13.9 Å². The second kappa shape index (κ2) is 8.18. The lowest BCUT2D eigenvalue weighted by atomic mass is 10.1. The zero-order valence-corrected chi connectivity index (χ0v) is 16.7. The first kappa shape index (κ1) is 19.5. The molecule has 7 nitrogen and oxygen atoms in total. The van der Waals surface area contributed by atoms with Crippen molar-refractivity contribution in [2.75, 3.05) is 24.9 Å². The summed E-state index contributed by atoms with van der Waals surface area (Å²) in [7, 11) is 3.10. The minimum Gasteiger partial charge on any atom is -0.493 e. The molecule has 3 rings (SSSR count). The number of carbonyl (C=O) groups excluding carboxylic acids is 2. The van der Waals surface area contributed by atoms with E-state index in [0.29, 0.717) is 27.1 Å². The topological polar surface area (TPSA) is 89.8 Å². The van der Waals surface area contributed by atoms with Gasteiger partial charge in [0.25, 0.3) is 11.8 Å². The Morgan fingerprint density at radius 1 is 0.964 bits per heavy atom. The predicted octanol–water partition coefficient (Wildman–Crippen LogP) is 4.48. The third-order valence-corrected chi connectivity index (χ3v) is 5.24. The molecule has 2 heterocycles. The van der Waals surface area contributed by atoms with Crippen molar-refractivity contribution in [2.45, 2.75) is 13.8 Å². The number of carbonyl (C=O) groups is 2. The highest BCUT2D eigenvalue weighted by Crippen LogP contribution is 2.34. The van der Waals surface area contributed by atoms with Gasteiger partial charge in [0.15, 0.2) is 17.3 Å². The Balaban J connectivity index is 1.78. The molecule has 8 heteroatoms. The van der Waals surface area contributed by atoms with E-state index < -0.39 is 0 Å². The highest BCUT2D eigenvalue weighted by atomic mass is 32.1. The van der Waals surface area contributed by atoms with Gasteiger partial charge in [-0.25, -0.2) is 0 Å². The smallest absolute Gasteiger partial charge is 0.291 e. The van der Waals surface area contributed by atoms with Crippen LogP contribution in [0, 0.1) is 13.8 Å². The lowest BCUT2D eigenvalue weighted by Crippen LogP contribution is -2.12. The molecule has 0 aliphatic carbocycles. The monoisotopic (exact) mass is 400 g/mol. The summed E-state index contributed by atoms with van der Waals surface area (Å²) in [5.74, 6) is 0.689. The van der Waals surface area contributed by atoms with Crippen LogP contribution in [0.5, 0.6) is 11.5 Å². The van der Waals surface area contributed by atoms with Gasteiger partial charge in [-0.15, -0.1) is 11.3 Å². The molecule has 0 saturated carbocycles. The maximum Gasteiger partial charge on any atom is 0.291 e. The fourth-order valence-corrected chi connectivity index (χ4v) is 3.61. The van der Waals surface area contributed by atoms with Gasteiger partial charge in [-0.1, -0.05) is 0 Å². The Kier molecular flexibility index (Phi) is 5.70. The van der Waals surface area contributed by atoms with Crippen LogP contribution in [0.15, 0.2) is 41.0 Å². The average Bonchev–Trinajstić information content (AvgIpc) is 3.32. The quantitative estimate of drug-likeness (QED) is 0.637. The standard InChI is InChI=1S/C20H20N2O5S/c1-11-8-15(25-3)16(26-4)10-13(11)21-20(24)18-12(2)9-17(28-18)22-19(23)14-6-5-7-27-14/h5-10H,1-4H3,(H,21,24)(H,22,23). The Morgan fingerprint density at radius 2 is 1.68 bits per heavy atom. The number of hydrogen-bond donors (Lipinski definition) is 2. The zero-order valence-electron chi connectivity index (χ0n) is 15.9. The Hall–Kier alpha value is -3.26. The molecule has 2 N–H and O–H groups in total. The molecule has 0 aliphatic heterocycles. The van der Waals surface area contributed by atoms with Gasteiger partial charge in [0.1, 0.15) is 0 Å². The summed E-state index contributed by atoms with van der Waals surface area (Å²) in [6.45, 7) is 3.68. The van der Waals surface area contributed by atoms with Gasteiger partial charge in [0.05, 0.1) is 30.4 Å². The Morgan fingerprint density at radius 3 is 2.32 bits per heavy atom. The molecule has 2 aromatic heterocycles. The normalized spacial score (nSPS) is 10.4. The lowest BCUT2D eigenvalue weighted by Gasteiger charge is -2.13. The number of amides is 2. The summed E-state index contributed by atoms with van der Waals surface area (Å²) in [4.78, 5) is 25.4. The third-order valence-electron chi connectivity index (χ3n) is 4.08. The van der Waals surface area contributed by atoms with Crippen molar-refractivity contribution >= 4 is 33.8 Å². The van der Waals surface area contributed by atoms with Crippen molar-refractivity contribution in [3.8, 4) is 11.5 Å². The first-order valence-corrected chi connectivity index (χ1v) is 9.23. The summed E-state index contributed by atoms with van der Waals surface area (Å²) < 4.78 is 15.6. The van der Waals surface area contributed by atoms with Crippen molar-refractivity contribution in [1.82, 2.24) is 0 Å². The average molecular weight is 400 g/mol. The minimum atomic E-state index is -0.367. The van der Waals surface area contributed by atoms with Gasteiger partial charge in [-0.3, -0.25) is 9.59 Å². The van der Waals surface area contributed by atoms with Gasteiger partial charge in [0, 0.05) is 11.8 Å². The first-order chi connectivity index (χ1) is 13.4. The van der Waals surface area contributed by atoms with Crippen LogP contribution < -0.4 is 20.1 Å². The fraction of sp³-hybridized carbons (Fsp3) is 0.200. The molecule has 0 unspecified atom stereocenters. The maximum atomic E-state index is 12.8. The SMILES string of the molecule is COc1cc(C)c(NC(=O)c2sc(NC(=O)c3ccco3)cc2C)cc1OC. The van der Waals surface area contributed by atoms with E-state index in [1.165, 1.54) is 24.7 Å². The molecule has 0 fully saturated rings. The highest BCUT2D eigenvalue weighted by Gasteiger charge is 2.18. The van der Waals surface area contributed by atoms with E-state index in [0.717, 1.165) is 11.1 Å². The van der Waals surface area contributed by atoms with Gasteiger partial charge < -0.3 is 24.5 Å². The van der Waals surface area contributed by atoms with Gasteiger partial charge in [0.2, 0.25) is 0 Å². The van der Waals surface area contributed by atoms with Crippen molar-refractivity contribution in [3.05, 3.63) is 58.4 Å². The van der Waals surface area contributed by atoms with Gasteiger partial charge >= 0.3 is 0 Å². The van der Waals surface area contributed by atoms with Crippen LogP contribution in [-0.2, 0) is 0 Å². The predicted molar refractivity (Wildman–Crippen MR) is 108 cm³/mol. The lowest BCUT2D eigenvalue weighted by molar-refractivity contribution is 0.0995. The van der Waals surface area contributed by atoms with Crippen LogP contribution in [0.25, 0.3) is 0 Å². The molecular weight excluding hydrogens is 380 g/mol. The summed E-state index contributed by atoms with van der Waals surface area (Å²) in [5.41, 5.74) is 2.22. The number of ether oxygens (including phenoxy) is 2. The number of rotatable bonds is 6. The van der Waals surface area contributed by atoms with Crippen LogP contribution in [-0.4, -0.2) is 26.0 Å². The van der Waals surface area contributed by atoms with E-state index in [2.05, 4.69) is 10.6 Å². The summed E-state index contributed by atoms with van der Waals surface area (Å²) in [6, 6.07) is 8.48. The molecular formula is C20H20N2O5S. The number of anilines is 2. The Labute approximate surface area is 166 Å². The number of methoxy groups -OCH3 is 2. The van der Waals surface area contributed by atoms with E-state index in [1.807, 2.05) is 13.8 Å². The molecule has 2 amide bonds. The molecule has 0 bridgehead atoms. The van der Waals surface area contributed by atoms with E-state index >= 15 is 0 Å². The summed E-state index contributed by atoms with van der Waals surface area (Å²) in [5, 5.41) is 6.19. The Bertz CT molecular complexity index is 1010. The second-order valence-corrected chi connectivity index (χ2v) is 7.08. The highest BCUT2D eigenvalue weighted by molar-refractivity contribution is 7.18. The van der Waals surface area contributed by atoms with Crippen molar-refractivity contribution in [2.24, 2.45) is 0 Å². The van der Waals surface area contributed by atoms with E-state index in [-0.39, 0.29) is 17.6 Å². The molecule has 0 radical (unpaired) electrons. The van der Waals surface area contributed by atoms with Crippen LogP contribution in [0.2, 0.25) is 0 Å². The molecule has 0 atom stereocenters. The van der Waals surface area contributed by atoms with Crippen LogP contribution in [0.3, 0.4) is 0 Å². The van der Waals surface area contributed by atoms with Crippen molar-refractivity contribution in [3.63, 3.8) is 0 Å². The molecule has 0 spiro atoms. The number of thiophene rings is 1. The number of furan rings is 1. The minimum absolute atomic E-state index is 0.206. The molecule has 146 valence electrons. The maximum absolute atomic E-state index is 12.8. The van der Waals surface area contributed by atoms with E-state index in [1.54, 1.807) is 37.4 Å². The summed E-state index contributed by atoms with van der Waals surface area (Å²) >= 11 is 1.19. The van der Waals surface area contributed by atoms with Gasteiger partial charge in [-0.05, 0) is 49.2 Å². The number of benzene rings is 1. The number of aryl methyl sites for hydroxylation is 2. The molecule has 0 saturated heterocycles. The van der Waals surface area contributed by atoms with Gasteiger partial charge in [-0.2, -0.15) is 0 Å². The molecule has 1 aromatic carbocycles. The van der Waals surface area contributed by atoms with Crippen LogP contribution in [0.1, 0.15) is 31.4 Å². The van der Waals surface area contributed by atoms with Crippen LogP contribution >= 0.6 is 11.3 Å². The first-order valence-electron chi connectivity index (χ1n) is 8.42. The molecule has 0 aliphatic rings. The molecule has 28 heavy (non-hydrogen) atoms. The van der Waals surface area contributed by atoms with Crippen molar-refractivity contribution in [1.29, 1.82) is 0 Å². The third kappa shape index (κ3) is 4.01. The van der Waals surface area contributed by atoms with Crippen molar-refractivity contribution < 1.29 is 23.5 Å². The fourth-order valence-electron chi connectivity index (χ4n) is 2.64. The molecule has 3 aromatic rings.